The van der Waals surface area contributed by atoms with Gasteiger partial charge in [0.15, 0.2) is 0 Å². The normalized spacial score (nSPS) is 20.3. The standard InChI is InChI=1S/C31H42N2O11/c1-31(2,3)44-27(37)9-8-23(18-35)33-26(36)10-12-32-29(38)22-16-24-28(42-19-41-24)25(17-22)43-30(39)21-6-4-20(5-7-21)11-14-40-15-13-34/h4-7,11,14,16,23-25,28,34-35H,8-10,12-13,15,17-19H2,1-3H3,(H,32,38)(H,33,36). The molecule has 1 aliphatic heterocycles. The fourth-order valence-corrected chi connectivity index (χ4v) is 4.50. The second-order valence-electron chi connectivity index (χ2n) is 11.3. The van der Waals surface area contributed by atoms with Crippen LogP contribution in [0.1, 0.15) is 62.4 Å². The Kier molecular flexibility index (Phi) is 13.3. The van der Waals surface area contributed by atoms with Gasteiger partial charge in [0, 0.05) is 31.4 Å². The van der Waals surface area contributed by atoms with E-state index in [1.54, 1.807) is 57.2 Å². The molecular weight excluding hydrogens is 576 g/mol. The summed E-state index contributed by atoms with van der Waals surface area (Å²) in [7, 11) is 0. The van der Waals surface area contributed by atoms with Gasteiger partial charge in [-0.15, -0.1) is 0 Å². The number of benzene rings is 1. The minimum Gasteiger partial charge on any atom is -0.499 e. The maximum absolute atomic E-state index is 12.9. The van der Waals surface area contributed by atoms with Crippen LogP contribution >= 0.6 is 0 Å². The Hall–Kier alpha value is -3.78. The molecule has 1 aromatic carbocycles. The van der Waals surface area contributed by atoms with Crippen LogP contribution in [0.3, 0.4) is 0 Å². The lowest BCUT2D eigenvalue weighted by Crippen LogP contribution is -2.44. The van der Waals surface area contributed by atoms with Crippen LogP contribution in [-0.4, -0.2) is 97.1 Å². The van der Waals surface area contributed by atoms with Gasteiger partial charge in [0.25, 0.3) is 0 Å². The fraction of sp³-hybridized carbons (Fsp3) is 0.548. The minimum atomic E-state index is -0.772. The van der Waals surface area contributed by atoms with Crippen LogP contribution in [0.15, 0.2) is 42.2 Å². The van der Waals surface area contributed by atoms with E-state index in [0.717, 1.165) is 5.56 Å². The summed E-state index contributed by atoms with van der Waals surface area (Å²) < 4.78 is 27.2. The molecule has 13 nitrogen and oxygen atoms in total. The van der Waals surface area contributed by atoms with Crippen molar-refractivity contribution in [3.8, 4) is 0 Å². The van der Waals surface area contributed by atoms with Crippen molar-refractivity contribution in [2.75, 3.05) is 33.2 Å². The maximum Gasteiger partial charge on any atom is 0.338 e. The summed E-state index contributed by atoms with van der Waals surface area (Å²) in [6.45, 7) is 5.03. The van der Waals surface area contributed by atoms with Crippen molar-refractivity contribution in [1.82, 2.24) is 10.6 Å². The lowest BCUT2D eigenvalue weighted by Gasteiger charge is -2.30. The van der Waals surface area contributed by atoms with Gasteiger partial charge in [-0.1, -0.05) is 12.1 Å². The zero-order valence-electron chi connectivity index (χ0n) is 25.3. The van der Waals surface area contributed by atoms with Gasteiger partial charge in [0.2, 0.25) is 11.8 Å². The summed E-state index contributed by atoms with van der Waals surface area (Å²) in [5.74, 6) is -1.84. The molecule has 2 amide bonds. The Morgan fingerprint density at radius 3 is 2.52 bits per heavy atom. The summed E-state index contributed by atoms with van der Waals surface area (Å²) >= 11 is 0. The Bertz CT molecular complexity index is 1190. The number of amides is 2. The van der Waals surface area contributed by atoms with Gasteiger partial charge in [-0.3, -0.25) is 14.4 Å². The highest BCUT2D eigenvalue weighted by molar-refractivity contribution is 5.94. The second kappa shape index (κ2) is 16.9. The highest BCUT2D eigenvalue weighted by atomic mass is 16.7. The monoisotopic (exact) mass is 618 g/mol. The fourth-order valence-electron chi connectivity index (χ4n) is 4.50. The van der Waals surface area contributed by atoms with E-state index in [-0.39, 0.29) is 58.8 Å². The quantitative estimate of drug-likeness (QED) is 0.127. The topological polar surface area (TPSA) is 179 Å². The largest absolute Gasteiger partial charge is 0.499 e. The highest BCUT2D eigenvalue weighted by Gasteiger charge is 2.42. The van der Waals surface area contributed by atoms with Gasteiger partial charge < -0.3 is 44.5 Å². The number of fused-ring (bicyclic) bond motifs is 1. The molecule has 0 aromatic heterocycles. The van der Waals surface area contributed by atoms with Crippen molar-refractivity contribution >= 4 is 29.8 Å². The van der Waals surface area contributed by atoms with Crippen LogP contribution < -0.4 is 10.6 Å². The number of aliphatic hydroxyl groups is 2. The lowest BCUT2D eigenvalue weighted by molar-refractivity contribution is -0.155. The number of ether oxygens (including phenoxy) is 5. The first-order chi connectivity index (χ1) is 21.0. The van der Waals surface area contributed by atoms with Crippen molar-refractivity contribution in [2.45, 2.75) is 76.4 Å². The molecule has 1 aromatic rings. The molecule has 0 saturated carbocycles. The SMILES string of the molecule is CC(C)(C)OC(=O)CCC(CO)NC(=O)CCNC(=O)C1=CC2OCOC2C(OC(=O)c2ccc(C=COCCO)cc2)C1. The predicted molar refractivity (Wildman–Crippen MR) is 157 cm³/mol. The third-order valence-corrected chi connectivity index (χ3v) is 6.60. The molecule has 1 saturated heterocycles. The van der Waals surface area contributed by atoms with Crippen LogP contribution in [0.25, 0.3) is 6.08 Å². The molecule has 0 radical (unpaired) electrons. The molecule has 4 unspecified atom stereocenters. The minimum absolute atomic E-state index is 0.00567. The molecule has 2 aliphatic rings. The van der Waals surface area contributed by atoms with E-state index in [1.807, 2.05) is 0 Å². The van der Waals surface area contributed by atoms with Crippen LogP contribution in [-0.2, 0) is 38.1 Å². The first-order valence-corrected chi connectivity index (χ1v) is 14.5. The van der Waals surface area contributed by atoms with Crippen molar-refractivity contribution < 1.29 is 53.1 Å². The summed E-state index contributed by atoms with van der Waals surface area (Å²) in [4.78, 5) is 50.1. The average molecular weight is 619 g/mol. The van der Waals surface area contributed by atoms with Crippen LogP contribution in [0.4, 0.5) is 0 Å². The smallest absolute Gasteiger partial charge is 0.338 e. The summed E-state index contributed by atoms with van der Waals surface area (Å²) in [6, 6.07) is 6.01. The first kappa shape index (κ1) is 34.7. The third kappa shape index (κ3) is 11.4. The molecule has 0 spiro atoms. The number of hydrogen-bond acceptors (Lipinski definition) is 11. The van der Waals surface area contributed by atoms with E-state index < -0.39 is 53.7 Å². The Morgan fingerprint density at radius 2 is 1.84 bits per heavy atom. The molecule has 3 rings (SSSR count). The Balaban J connectivity index is 1.47. The van der Waals surface area contributed by atoms with Gasteiger partial charge in [-0.05, 0) is 57.0 Å². The molecule has 0 bridgehead atoms. The van der Waals surface area contributed by atoms with Crippen molar-refractivity contribution in [3.63, 3.8) is 0 Å². The molecule has 44 heavy (non-hydrogen) atoms. The van der Waals surface area contributed by atoms with E-state index in [9.17, 15) is 24.3 Å². The van der Waals surface area contributed by atoms with Gasteiger partial charge in [-0.2, -0.15) is 0 Å². The van der Waals surface area contributed by atoms with Gasteiger partial charge >= 0.3 is 11.9 Å². The van der Waals surface area contributed by atoms with E-state index in [4.69, 9.17) is 28.8 Å². The van der Waals surface area contributed by atoms with Crippen LogP contribution in [0, 0.1) is 0 Å². The highest BCUT2D eigenvalue weighted by Crippen LogP contribution is 2.30. The summed E-state index contributed by atoms with van der Waals surface area (Å²) in [6.07, 6.45) is 3.16. The van der Waals surface area contributed by atoms with E-state index in [0.29, 0.717) is 11.1 Å². The lowest BCUT2D eigenvalue weighted by atomic mass is 9.91. The summed E-state index contributed by atoms with van der Waals surface area (Å²) in [5.41, 5.74) is 0.813. The molecule has 4 N–H and O–H groups in total. The molecule has 1 fully saturated rings. The van der Waals surface area contributed by atoms with Crippen molar-refractivity contribution in [3.05, 3.63) is 53.3 Å². The van der Waals surface area contributed by atoms with Gasteiger partial charge in [0.1, 0.15) is 37.3 Å². The van der Waals surface area contributed by atoms with Gasteiger partial charge in [-0.25, -0.2) is 4.79 Å². The maximum atomic E-state index is 12.9. The number of esters is 2. The number of aliphatic hydroxyl groups excluding tert-OH is 2. The molecule has 242 valence electrons. The third-order valence-electron chi connectivity index (χ3n) is 6.60. The summed E-state index contributed by atoms with van der Waals surface area (Å²) in [5, 5.41) is 23.7. The van der Waals surface area contributed by atoms with E-state index in [2.05, 4.69) is 10.6 Å². The predicted octanol–water partition coefficient (Wildman–Crippen LogP) is 1.37. The molecule has 4 atom stereocenters. The Morgan fingerprint density at radius 1 is 1.09 bits per heavy atom. The Labute approximate surface area is 256 Å². The first-order valence-electron chi connectivity index (χ1n) is 14.5. The van der Waals surface area contributed by atoms with Crippen molar-refractivity contribution in [2.24, 2.45) is 0 Å². The molecular formula is C31H42N2O11. The average Bonchev–Trinajstić information content (AvgIpc) is 3.46. The number of rotatable bonds is 15. The number of hydrogen-bond donors (Lipinski definition) is 4. The van der Waals surface area contributed by atoms with E-state index in [1.165, 1.54) is 6.26 Å². The molecule has 13 heteroatoms. The second-order valence-corrected chi connectivity index (χ2v) is 11.3. The zero-order valence-corrected chi connectivity index (χ0v) is 25.3. The zero-order chi connectivity index (χ0) is 32.1. The van der Waals surface area contributed by atoms with Crippen LogP contribution in [0.2, 0.25) is 0 Å². The van der Waals surface area contributed by atoms with Crippen LogP contribution in [0.5, 0.6) is 0 Å². The molecule has 1 aliphatic carbocycles. The van der Waals surface area contributed by atoms with Gasteiger partial charge in [0.05, 0.1) is 31.1 Å². The number of carbonyl (C=O) groups excluding carboxylic acids is 4. The number of carbonyl (C=O) groups is 4. The van der Waals surface area contributed by atoms with Crippen molar-refractivity contribution in [1.29, 1.82) is 0 Å². The molecule has 1 heterocycles. The van der Waals surface area contributed by atoms with E-state index >= 15 is 0 Å². The number of nitrogens with one attached hydrogen (secondary N) is 2.